The number of nitrogens with one attached hydrogen (secondary N) is 1. The zero-order valence-corrected chi connectivity index (χ0v) is 10.8. The van der Waals surface area contributed by atoms with Crippen molar-refractivity contribution in [3.63, 3.8) is 0 Å². The summed E-state index contributed by atoms with van der Waals surface area (Å²) in [4.78, 5) is 1.32. The Balaban J connectivity index is 2.23. The first-order valence-corrected chi connectivity index (χ1v) is 6.99. The van der Waals surface area contributed by atoms with Gasteiger partial charge in [0.05, 0.1) is 0 Å². The molecule has 1 atom stereocenters. The molecule has 0 radical (unpaired) electrons. The smallest absolute Gasteiger partial charge is 0.0304 e. The van der Waals surface area contributed by atoms with E-state index < -0.39 is 0 Å². The van der Waals surface area contributed by atoms with E-state index in [1.165, 1.54) is 30.6 Å². The number of thioether (sulfide) groups is 1. The van der Waals surface area contributed by atoms with Crippen LogP contribution in [0.5, 0.6) is 0 Å². The highest BCUT2D eigenvalue weighted by Gasteiger charge is 2.06. The molecule has 1 rings (SSSR count). The first-order chi connectivity index (χ1) is 7.86. The second kappa shape index (κ2) is 8.62. The summed E-state index contributed by atoms with van der Waals surface area (Å²) in [6.07, 6.45) is 5.00. The highest BCUT2D eigenvalue weighted by molar-refractivity contribution is 7.99. The minimum absolute atomic E-state index is 0.428. The lowest BCUT2D eigenvalue weighted by Crippen LogP contribution is -2.36. The van der Waals surface area contributed by atoms with Gasteiger partial charge in [-0.3, -0.25) is 11.3 Å². The number of nitrogens with two attached hydrogens (primary N) is 1. The van der Waals surface area contributed by atoms with Crippen molar-refractivity contribution in [2.24, 2.45) is 5.84 Å². The highest BCUT2D eigenvalue weighted by Crippen LogP contribution is 2.19. The lowest BCUT2D eigenvalue weighted by Gasteiger charge is -2.14. The van der Waals surface area contributed by atoms with E-state index in [1.807, 2.05) is 17.8 Å². The van der Waals surface area contributed by atoms with Gasteiger partial charge in [0.25, 0.3) is 0 Å². The van der Waals surface area contributed by atoms with E-state index >= 15 is 0 Å². The maximum atomic E-state index is 5.56. The average Bonchev–Trinajstić information content (AvgIpc) is 2.35. The van der Waals surface area contributed by atoms with Gasteiger partial charge in [-0.25, -0.2) is 0 Å². The second-order valence-corrected chi connectivity index (χ2v) is 5.08. The van der Waals surface area contributed by atoms with E-state index in [2.05, 4.69) is 36.6 Å². The SMILES string of the molecule is CCCCCC(CSc1ccccc1)NN. The summed E-state index contributed by atoms with van der Waals surface area (Å²) in [5.74, 6) is 6.60. The third-order valence-corrected chi connectivity index (χ3v) is 3.76. The Hall–Kier alpha value is -0.510. The molecule has 1 unspecified atom stereocenters. The van der Waals surface area contributed by atoms with Crippen LogP contribution in [0.1, 0.15) is 32.6 Å². The molecule has 1 aromatic rings. The number of hydrogen-bond donors (Lipinski definition) is 2. The summed E-state index contributed by atoms with van der Waals surface area (Å²) in [5, 5.41) is 0. The molecule has 0 fully saturated rings. The van der Waals surface area contributed by atoms with E-state index in [9.17, 15) is 0 Å². The van der Waals surface area contributed by atoms with Gasteiger partial charge < -0.3 is 0 Å². The first kappa shape index (κ1) is 13.6. The molecular formula is C13H22N2S. The third kappa shape index (κ3) is 5.54. The monoisotopic (exact) mass is 238 g/mol. The predicted octanol–water partition coefficient (Wildman–Crippen LogP) is 3.19. The number of benzene rings is 1. The molecule has 0 saturated carbocycles. The topological polar surface area (TPSA) is 38.0 Å². The minimum Gasteiger partial charge on any atom is -0.271 e. The number of hydrazine groups is 1. The van der Waals surface area contributed by atoms with Gasteiger partial charge in [-0.15, -0.1) is 11.8 Å². The number of hydrogen-bond acceptors (Lipinski definition) is 3. The van der Waals surface area contributed by atoms with Crippen LogP contribution in [-0.4, -0.2) is 11.8 Å². The maximum Gasteiger partial charge on any atom is 0.0304 e. The van der Waals surface area contributed by atoms with Gasteiger partial charge in [-0.2, -0.15) is 0 Å². The number of rotatable bonds is 8. The fraction of sp³-hybridized carbons (Fsp3) is 0.538. The molecule has 3 N–H and O–H groups in total. The van der Waals surface area contributed by atoms with Crippen molar-refractivity contribution in [2.75, 3.05) is 5.75 Å². The minimum atomic E-state index is 0.428. The van der Waals surface area contributed by atoms with Crippen LogP contribution in [0.4, 0.5) is 0 Å². The molecule has 0 aliphatic heterocycles. The summed E-state index contributed by atoms with van der Waals surface area (Å²) < 4.78 is 0. The van der Waals surface area contributed by atoms with E-state index in [0.717, 1.165) is 5.75 Å². The molecule has 0 heterocycles. The van der Waals surface area contributed by atoms with E-state index in [0.29, 0.717) is 6.04 Å². The fourth-order valence-corrected chi connectivity index (χ4v) is 2.58. The molecule has 1 aromatic carbocycles. The highest BCUT2D eigenvalue weighted by atomic mass is 32.2. The summed E-state index contributed by atoms with van der Waals surface area (Å²) in [6.45, 7) is 2.23. The third-order valence-electron chi connectivity index (χ3n) is 2.59. The molecule has 90 valence electrons. The molecule has 0 amide bonds. The summed E-state index contributed by atoms with van der Waals surface area (Å²) in [6, 6.07) is 10.9. The van der Waals surface area contributed by atoms with Gasteiger partial charge >= 0.3 is 0 Å². The zero-order chi connectivity index (χ0) is 11.6. The van der Waals surface area contributed by atoms with Crippen LogP contribution in [0.25, 0.3) is 0 Å². The number of unbranched alkanes of at least 4 members (excludes halogenated alkanes) is 2. The van der Waals surface area contributed by atoms with Crippen molar-refractivity contribution in [1.29, 1.82) is 0 Å². The molecule has 0 bridgehead atoms. The molecule has 0 aliphatic carbocycles. The summed E-state index contributed by atoms with van der Waals surface area (Å²) in [5.41, 5.74) is 2.91. The molecule has 3 heteroatoms. The summed E-state index contributed by atoms with van der Waals surface area (Å²) >= 11 is 1.87. The zero-order valence-electron chi connectivity index (χ0n) is 9.99. The Labute approximate surface area is 103 Å². The molecular weight excluding hydrogens is 216 g/mol. The van der Waals surface area contributed by atoms with Crippen LogP contribution in [-0.2, 0) is 0 Å². The Morgan fingerprint density at radius 1 is 1.25 bits per heavy atom. The lowest BCUT2D eigenvalue weighted by molar-refractivity contribution is 0.507. The molecule has 0 saturated heterocycles. The molecule has 0 spiro atoms. The standard InChI is InChI=1S/C13H22N2S/c1-2-3-5-8-12(15-14)11-16-13-9-6-4-7-10-13/h4,6-7,9-10,12,15H,2-3,5,8,11,14H2,1H3. The van der Waals surface area contributed by atoms with Crippen molar-refractivity contribution in [1.82, 2.24) is 5.43 Å². The Morgan fingerprint density at radius 3 is 2.62 bits per heavy atom. The van der Waals surface area contributed by atoms with Crippen LogP contribution in [0.3, 0.4) is 0 Å². The van der Waals surface area contributed by atoms with Crippen LogP contribution in [0, 0.1) is 0 Å². The van der Waals surface area contributed by atoms with Crippen LogP contribution in [0.2, 0.25) is 0 Å². The fourth-order valence-electron chi connectivity index (χ4n) is 1.57. The second-order valence-electron chi connectivity index (χ2n) is 3.98. The quantitative estimate of drug-likeness (QED) is 0.316. The summed E-state index contributed by atoms with van der Waals surface area (Å²) in [7, 11) is 0. The first-order valence-electron chi connectivity index (χ1n) is 6.00. The van der Waals surface area contributed by atoms with Crippen molar-refractivity contribution >= 4 is 11.8 Å². The van der Waals surface area contributed by atoms with Gasteiger partial charge in [0.1, 0.15) is 0 Å². The van der Waals surface area contributed by atoms with Crippen LogP contribution < -0.4 is 11.3 Å². The van der Waals surface area contributed by atoms with Gasteiger partial charge in [0.2, 0.25) is 0 Å². The normalized spacial score (nSPS) is 12.6. The largest absolute Gasteiger partial charge is 0.271 e. The van der Waals surface area contributed by atoms with E-state index in [4.69, 9.17) is 5.84 Å². The molecule has 0 aromatic heterocycles. The Bertz CT molecular complexity index is 264. The van der Waals surface area contributed by atoms with Crippen molar-refractivity contribution < 1.29 is 0 Å². The van der Waals surface area contributed by atoms with Crippen LogP contribution >= 0.6 is 11.8 Å². The van der Waals surface area contributed by atoms with E-state index in [1.54, 1.807) is 0 Å². The average molecular weight is 238 g/mol. The van der Waals surface area contributed by atoms with Gasteiger partial charge in [0.15, 0.2) is 0 Å². The van der Waals surface area contributed by atoms with Gasteiger partial charge in [-0.05, 0) is 18.6 Å². The molecule has 16 heavy (non-hydrogen) atoms. The Morgan fingerprint density at radius 2 is 2.00 bits per heavy atom. The van der Waals surface area contributed by atoms with Gasteiger partial charge in [-0.1, -0.05) is 44.4 Å². The van der Waals surface area contributed by atoms with Gasteiger partial charge in [0, 0.05) is 16.7 Å². The van der Waals surface area contributed by atoms with E-state index in [-0.39, 0.29) is 0 Å². The predicted molar refractivity (Wildman–Crippen MR) is 72.4 cm³/mol. The molecule has 0 aliphatic rings. The van der Waals surface area contributed by atoms with Crippen molar-refractivity contribution in [2.45, 2.75) is 43.5 Å². The van der Waals surface area contributed by atoms with Crippen molar-refractivity contribution in [3.8, 4) is 0 Å². The van der Waals surface area contributed by atoms with Crippen molar-refractivity contribution in [3.05, 3.63) is 30.3 Å². The maximum absolute atomic E-state index is 5.56. The lowest BCUT2D eigenvalue weighted by atomic mass is 10.1. The van der Waals surface area contributed by atoms with Crippen LogP contribution in [0.15, 0.2) is 35.2 Å². The molecule has 2 nitrogen and oxygen atoms in total. The Kier molecular flexibility index (Phi) is 7.30.